The number of halogens is 2. The molecule has 4 heteroatoms. The summed E-state index contributed by atoms with van der Waals surface area (Å²) in [6, 6.07) is 22.5. The van der Waals surface area contributed by atoms with Crippen molar-refractivity contribution in [1.29, 1.82) is 0 Å². The molecule has 3 aromatic carbocycles. The van der Waals surface area contributed by atoms with E-state index in [1.165, 1.54) is 11.1 Å². The average Bonchev–Trinajstić information content (AvgIpc) is 3.00. The van der Waals surface area contributed by atoms with Crippen LogP contribution in [0, 0.1) is 0 Å². The molecule has 0 aliphatic heterocycles. The van der Waals surface area contributed by atoms with E-state index < -0.39 is 0 Å². The van der Waals surface area contributed by atoms with Crippen molar-refractivity contribution in [2.24, 2.45) is 0 Å². The van der Waals surface area contributed by atoms with Gasteiger partial charge in [0.25, 0.3) is 0 Å². The van der Waals surface area contributed by atoms with Gasteiger partial charge in [0.05, 0.1) is 16.1 Å². The first kappa shape index (κ1) is 18.1. The third-order valence-electron chi connectivity index (χ3n) is 4.81. The van der Waals surface area contributed by atoms with Crippen LogP contribution in [0.25, 0.3) is 22.4 Å². The molecule has 0 aliphatic carbocycles. The molecule has 1 heterocycles. The summed E-state index contributed by atoms with van der Waals surface area (Å²) < 4.78 is 2.22. The van der Waals surface area contributed by atoms with E-state index in [0.717, 1.165) is 29.0 Å². The highest BCUT2D eigenvalue weighted by Crippen LogP contribution is 2.32. The van der Waals surface area contributed by atoms with Crippen LogP contribution in [0.1, 0.15) is 30.9 Å². The van der Waals surface area contributed by atoms with Gasteiger partial charge in [0.2, 0.25) is 0 Å². The highest BCUT2D eigenvalue weighted by molar-refractivity contribution is 6.36. The molecule has 0 saturated heterocycles. The number of nitrogens with zero attached hydrogens (tertiary/aromatic N) is 2. The Labute approximate surface area is 169 Å². The van der Waals surface area contributed by atoms with Crippen LogP contribution in [0.4, 0.5) is 0 Å². The van der Waals surface area contributed by atoms with Gasteiger partial charge in [0.1, 0.15) is 5.82 Å². The van der Waals surface area contributed by atoms with Crippen molar-refractivity contribution < 1.29 is 0 Å². The molecule has 4 aromatic rings. The van der Waals surface area contributed by atoms with Crippen molar-refractivity contribution in [3.8, 4) is 11.4 Å². The summed E-state index contributed by atoms with van der Waals surface area (Å²) in [5, 5.41) is 1.23. The SMILES string of the molecule is CC(C)c1ccc(Cn2c(-c3ccc(Cl)cc3Cl)nc3ccccc32)cc1. The fraction of sp³-hybridized carbons (Fsp3) is 0.174. The van der Waals surface area contributed by atoms with Gasteiger partial charge in [-0.25, -0.2) is 4.98 Å². The molecule has 0 N–H and O–H groups in total. The van der Waals surface area contributed by atoms with E-state index in [1.54, 1.807) is 6.07 Å². The van der Waals surface area contributed by atoms with Crippen LogP contribution in [-0.2, 0) is 6.54 Å². The predicted octanol–water partition coefficient (Wildman–Crippen LogP) is 7.18. The molecule has 0 bridgehead atoms. The zero-order chi connectivity index (χ0) is 19.0. The summed E-state index contributed by atoms with van der Waals surface area (Å²) in [7, 11) is 0. The molecule has 4 rings (SSSR count). The van der Waals surface area contributed by atoms with Crippen LogP contribution in [0.15, 0.2) is 66.7 Å². The van der Waals surface area contributed by atoms with Crippen LogP contribution >= 0.6 is 23.2 Å². The summed E-state index contributed by atoms with van der Waals surface area (Å²) in [6.45, 7) is 5.14. The molecule has 136 valence electrons. The molecule has 0 aliphatic rings. The van der Waals surface area contributed by atoms with Crippen LogP contribution in [-0.4, -0.2) is 9.55 Å². The minimum Gasteiger partial charge on any atom is -0.319 e. The minimum atomic E-state index is 0.525. The van der Waals surface area contributed by atoms with E-state index in [0.29, 0.717) is 16.0 Å². The van der Waals surface area contributed by atoms with Crippen molar-refractivity contribution >= 4 is 34.2 Å². The lowest BCUT2D eigenvalue weighted by atomic mass is 10.0. The number of aromatic nitrogens is 2. The van der Waals surface area contributed by atoms with Crippen molar-refractivity contribution in [2.75, 3.05) is 0 Å². The Bertz CT molecular complexity index is 1100. The molecule has 0 atom stereocenters. The number of imidazole rings is 1. The molecule has 0 amide bonds. The molecule has 1 aromatic heterocycles. The van der Waals surface area contributed by atoms with Gasteiger partial charge in [0.15, 0.2) is 0 Å². The van der Waals surface area contributed by atoms with Gasteiger partial charge >= 0.3 is 0 Å². The zero-order valence-electron chi connectivity index (χ0n) is 15.3. The largest absolute Gasteiger partial charge is 0.319 e. The normalized spacial score (nSPS) is 11.4. The highest BCUT2D eigenvalue weighted by Gasteiger charge is 2.15. The van der Waals surface area contributed by atoms with E-state index in [2.05, 4.69) is 48.7 Å². The van der Waals surface area contributed by atoms with Crippen LogP contribution < -0.4 is 0 Å². The maximum atomic E-state index is 6.48. The average molecular weight is 395 g/mol. The number of benzene rings is 3. The Balaban J connectivity index is 1.83. The molecule has 0 unspecified atom stereocenters. The molecular formula is C23H20Cl2N2. The van der Waals surface area contributed by atoms with Crippen molar-refractivity contribution in [3.05, 3.63) is 87.9 Å². The molecule has 0 fully saturated rings. The molecule has 27 heavy (non-hydrogen) atoms. The van der Waals surface area contributed by atoms with Gasteiger partial charge in [-0.2, -0.15) is 0 Å². The Hall–Kier alpha value is -2.29. The molecule has 0 saturated carbocycles. The van der Waals surface area contributed by atoms with Gasteiger partial charge in [-0.3, -0.25) is 0 Å². The van der Waals surface area contributed by atoms with Crippen molar-refractivity contribution in [2.45, 2.75) is 26.3 Å². The summed E-state index contributed by atoms with van der Waals surface area (Å²) in [6.07, 6.45) is 0. The van der Waals surface area contributed by atoms with E-state index in [1.807, 2.05) is 30.3 Å². The second-order valence-corrected chi connectivity index (χ2v) is 7.87. The monoisotopic (exact) mass is 394 g/mol. The first-order chi connectivity index (χ1) is 13.0. The van der Waals surface area contributed by atoms with E-state index in [9.17, 15) is 0 Å². The predicted molar refractivity (Wildman–Crippen MR) is 115 cm³/mol. The molecule has 2 nitrogen and oxygen atoms in total. The summed E-state index contributed by atoms with van der Waals surface area (Å²) in [5.74, 6) is 1.38. The van der Waals surface area contributed by atoms with Gasteiger partial charge < -0.3 is 4.57 Å². The fourth-order valence-corrected chi connectivity index (χ4v) is 3.80. The van der Waals surface area contributed by atoms with E-state index >= 15 is 0 Å². The number of para-hydroxylation sites is 2. The topological polar surface area (TPSA) is 17.8 Å². The Kier molecular flexibility index (Phi) is 4.94. The highest BCUT2D eigenvalue weighted by atomic mass is 35.5. The van der Waals surface area contributed by atoms with E-state index in [4.69, 9.17) is 28.2 Å². The Morgan fingerprint density at radius 1 is 0.926 bits per heavy atom. The number of rotatable bonds is 4. The lowest BCUT2D eigenvalue weighted by molar-refractivity contribution is 0.827. The van der Waals surface area contributed by atoms with E-state index in [-0.39, 0.29) is 0 Å². The van der Waals surface area contributed by atoms with Crippen LogP contribution in [0.2, 0.25) is 10.0 Å². The number of hydrogen-bond donors (Lipinski definition) is 0. The van der Waals surface area contributed by atoms with Crippen molar-refractivity contribution in [1.82, 2.24) is 9.55 Å². The maximum absolute atomic E-state index is 6.48. The third-order valence-corrected chi connectivity index (χ3v) is 5.36. The summed E-state index contributed by atoms with van der Waals surface area (Å²) in [4.78, 5) is 4.85. The smallest absolute Gasteiger partial charge is 0.142 e. The number of hydrogen-bond acceptors (Lipinski definition) is 1. The van der Waals surface area contributed by atoms with Gasteiger partial charge in [-0.15, -0.1) is 0 Å². The summed E-state index contributed by atoms with van der Waals surface area (Å²) in [5.41, 5.74) is 5.50. The molecule has 0 spiro atoms. The van der Waals surface area contributed by atoms with Gasteiger partial charge in [-0.05, 0) is 47.4 Å². The molecular weight excluding hydrogens is 375 g/mol. The molecule has 0 radical (unpaired) electrons. The quantitative estimate of drug-likeness (QED) is 0.358. The minimum absolute atomic E-state index is 0.525. The first-order valence-electron chi connectivity index (χ1n) is 9.02. The lowest BCUT2D eigenvalue weighted by Gasteiger charge is -2.12. The van der Waals surface area contributed by atoms with Gasteiger partial charge in [-0.1, -0.05) is 73.4 Å². The number of fused-ring (bicyclic) bond motifs is 1. The van der Waals surface area contributed by atoms with Crippen molar-refractivity contribution in [3.63, 3.8) is 0 Å². The second-order valence-electron chi connectivity index (χ2n) is 7.03. The Morgan fingerprint density at radius 3 is 2.37 bits per heavy atom. The lowest BCUT2D eigenvalue weighted by Crippen LogP contribution is -2.03. The maximum Gasteiger partial charge on any atom is 0.142 e. The second kappa shape index (κ2) is 7.38. The zero-order valence-corrected chi connectivity index (χ0v) is 16.8. The third kappa shape index (κ3) is 3.60. The van der Waals surface area contributed by atoms with Gasteiger partial charge in [0, 0.05) is 17.1 Å². The standard InChI is InChI=1S/C23H20Cl2N2/c1-15(2)17-9-7-16(8-10-17)14-27-22-6-4-3-5-21(22)26-23(27)19-12-11-18(24)13-20(19)25/h3-13,15H,14H2,1-2H3. The van der Waals surface area contributed by atoms with Crippen LogP contribution in [0.5, 0.6) is 0 Å². The first-order valence-corrected chi connectivity index (χ1v) is 9.78. The summed E-state index contributed by atoms with van der Waals surface area (Å²) >= 11 is 12.6. The fourth-order valence-electron chi connectivity index (χ4n) is 3.30. The van der Waals surface area contributed by atoms with Crippen LogP contribution in [0.3, 0.4) is 0 Å². The Morgan fingerprint density at radius 2 is 1.67 bits per heavy atom.